The molecule has 6 heteroatoms. The number of nitrogens with zero attached hydrogens (tertiary/aromatic N) is 3. The minimum Gasteiger partial charge on any atom is -0.496 e. The number of hydrogen-bond acceptors (Lipinski definition) is 5. The molecular weight excluding hydrogens is 248 g/mol. The van der Waals surface area contributed by atoms with E-state index in [9.17, 15) is 0 Å². The summed E-state index contributed by atoms with van der Waals surface area (Å²) in [7, 11) is 3.56. The van der Waals surface area contributed by atoms with Crippen molar-refractivity contribution in [3.63, 3.8) is 0 Å². The Kier molecular flexibility index (Phi) is 3.88. The number of benzene rings is 1. The molecule has 2 N–H and O–H groups in total. The third kappa shape index (κ3) is 2.49. The Hall–Kier alpha value is -1.53. The van der Waals surface area contributed by atoms with Gasteiger partial charge >= 0.3 is 0 Å². The Morgan fingerprint density at radius 1 is 1.44 bits per heavy atom. The number of aryl methyl sites for hydroxylation is 1. The number of methoxy groups -OCH3 is 1. The van der Waals surface area contributed by atoms with Gasteiger partial charge in [-0.3, -0.25) is 0 Å². The smallest absolute Gasteiger partial charge is 0.195 e. The van der Waals surface area contributed by atoms with Gasteiger partial charge < -0.3 is 15.0 Å². The first-order valence-electron chi connectivity index (χ1n) is 5.57. The Bertz CT molecular complexity index is 539. The molecule has 0 fully saturated rings. The van der Waals surface area contributed by atoms with Crippen LogP contribution in [0.3, 0.4) is 0 Å². The lowest BCUT2D eigenvalue weighted by atomic mass is 10.1. The predicted molar refractivity (Wildman–Crippen MR) is 70.7 cm³/mol. The lowest BCUT2D eigenvalue weighted by Crippen LogP contribution is -2.08. The van der Waals surface area contributed by atoms with Gasteiger partial charge in [0.15, 0.2) is 5.16 Å². The van der Waals surface area contributed by atoms with Crippen molar-refractivity contribution < 1.29 is 4.74 Å². The molecule has 0 aliphatic heterocycles. The fourth-order valence-electron chi connectivity index (χ4n) is 1.70. The molecule has 0 unspecified atom stereocenters. The average Bonchev–Trinajstić information content (AvgIpc) is 2.74. The van der Waals surface area contributed by atoms with E-state index in [0.717, 1.165) is 21.4 Å². The van der Waals surface area contributed by atoms with Gasteiger partial charge in [0.25, 0.3) is 0 Å². The summed E-state index contributed by atoms with van der Waals surface area (Å²) in [6.07, 6.45) is 1.67. The third-order valence-electron chi connectivity index (χ3n) is 2.57. The van der Waals surface area contributed by atoms with Gasteiger partial charge in [-0.1, -0.05) is 6.07 Å². The van der Waals surface area contributed by atoms with Gasteiger partial charge in [0, 0.05) is 23.5 Å². The van der Waals surface area contributed by atoms with E-state index >= 15 is 0 Å². The Morgan fingerprint density at radius 3 is 2.78 bits per heavy atom. The highest BCUT2D eigenvalue weighted by atomic mass is 32.2. The average molecular weight is 264 g/mol. The summed E-state index contributed by atoms with van der Waals surface area (Å²) in [5.41, 5.74) is 7.02. The fraction of sp³-hybridized carbons (Fsp3) is 0.333. The maximum atomic E-state index is 6.02. The second-order valence-corrected chi connectivity index (χ2v) is 5.00. The van der Waals surface area contributed by atoms with Crippen LogP contribution in [0.1, 0.15) is 18.5 Å². The van der Waals surface area contributed by atoms with E-state index in [0.29, 0.717) is 0 Å². The van der Waals surface area contributed by atoms with Gasteiger partial charge in [-0.05, 0) is 30.8 Å². The normalized spacial score (nSPS) is 12.4. The molecule has 1 aromatic carbocycles. The van der Waals surface area contributed by atoms with Crippen LogP contribution < -0.4 is 10.5 Å². The zero-order valence-electron chi connectivity index (χ0n) is 10.6. The third-order valence-corrected chi connectivity index (χ3v) is 3.70. The SMILES string of the molecule is COc1cccc(Sc2nncn2C)c1[C@H](C)N. The zero-order chi connectivity index (χ0) is 13.1. The van der Waals surface area contributed by atoms with Crippen LogP contribution in [0, 0.1) is 0 Å². The molecule has 0 aliphatic rings. The minimum absolute atomic E-state index is 0.100. The van der Waals surface area contributed by atoms with Crippen molar-refractivity contribution in [3.8, 4) is 5.75 Å². The Morgan fingerprint density at radius 2 is 2.22 bits per heavy atom. The summed E-state index contributed by atoms with van der Waals surface area (Å²) in [4.78, 5) is 1.04. The molecule has 5 nitrogen and oxygen atoms in total. The van der Waals surface area contributed by atoms with E-state index in [2.05, 4.69) is 10.2 Å². The summed E-state index contributed by atoms with van der Waals surface area (Å²) in [5.74, 6) is 0.803. The second-order valence-electron chi connectivity index (χ2n) is 3.99. The highest BCUT2D eigenvalue weighted by Gasteiger charge is 2.15. The number of rotatable bonds is 4. The van der Waals surface area contributed by atoms with Crippen molar-refractivity contribution >= 4 is 11.8 Å². The predicted octanol–water partition coefficient (Wildman–Crippen LogP) is 1.99. The highest BCUT2D eigenvalue weighted by molar-refractivity contribution is 7.99. The number of ether oxygens (including phenoxy) is 1. The van der Waals surface area contributed by atoms with Crippen molar-refractivity contribution in [1.82, 2.24) is 14.8 Å². The molecule has 0 amide bonds. The van der Waals surface area contributed by atoms with Crippen molar-refractivity contribution in [2.24, 2.45) is 12.8 Å². The van der Waals surface area contributed by atoms with Gasteiger partial charge in [0.05, 0.1) is 7.11 Å². The van der Waals surface area contributed by atoms with Crippen LogP contribution in [0.15, 0.2) is 34.6 Å². The first-order chi connectivity index (χ1) is 8.63. The first-order valence-corrected chi connectivity index (χ1v) is 6.39. The largest absolute Gasteiger partial charge is 0.496 e. The lowest BCUT2D eigenvalue weighted by Gasteiger charge is -2.15. The molecule has 0 spiro atoms. The zero-order valence-corrected chi connectivity index (χ0v) is 11.4. The quantitative estimate of drug-likeness (QED) is 0.915. The van der Waals surface area contributed by atoms with Crippen molar-refractivity contribution in [3.05, 3.63) is 30.1 Å². The van der Waals surface area contributed by atoms with Crippen molar-refractivity contribution in [2.45, 2.75) is 23.0 Å². The van der Waals surface area contributed by atoms with Crippen LogP contribution in [-0.4, -0.2) is 21.9 Å². The molecule has 2 aromatic rings. The molecule has 1 aromatic heterocycles. The van der Waals surface area contributed by atoms with E-state index in [4.69, 9.17) is 10.5 Å². The van der Waals surface area contributed by atoms with E-state index in [1.165, 1.54) is 11.8 Å². The molecule has 1 atom stereocenters. The van der Waals surface area contributed by atoms with Crippen molar-refractivity contribution in [1.29, 1.82) is 0 Å². The van der Waals surface area contributed by atoms with E-state index in [1.54, 1.807) is 13.4 Å². The van der Waals surface area contributed by atoms with Gasteiger partial charge in [-0.25, -0.2) is 0 Å². The molecule has 2 rings (SSSR count). The van der Waals surface area contributed by atoms with Gasteiger partial charge in [0.1, 0.15) is 12.1 Å². The van der Waals surface area contributed by atoms with E-state index < -0.39 is 0 Å². The monoisotopic (exact) mass is 264 g/mol. The Labute approximate surface area is 110 Å². The number of nitrogens with two attached hydrogens (primary N) is 1. The molecule has 0 saturated heterocycles. The molecule has 0 bridgehead atoms. The van der Waals surface area contributed by atoms with Crippen LogP contribution >= 0.6 is 11.8 Å². The number of aromatic nitrogens is 3. The minimum atomic E-state index is -0.100. The molecule has 18 heavy (non-hydrogen) atoms. The molecular formula is C12H16N4OS. The van der Waals surface area contributed by atoms with E-state index in [1.807, 2.05) is 36.7 Å². The van der Waals surface area contributed by atoms with Crippen LogP contribution in [0.5, 0.6) is 5.75 Å². The molecule has 1 heterocycles. The van der Waals surface area contributed by atoms with Crippen LogP contribution in [-0.2, 0) is 7.05 Å². The van der Waals surface area contributed by atoms with Crippen LogP contribution in [0.2, 0.25) is 0 Å². The summed E-state index contributed by atoms with van der Waals surface area (Å²) >= 11 is 1.53. The number of hydrogen-bond donors (Lipinski definition) is 1. The summed E-state index contributed by atoms with van der Waals surface area (Å²) in [6.45, 7) is 1.94. The maximum Gasteiger partial charge on any atom is 0.195 e. The first kappa shape index (κ1) is 12.9. The van der Waals surface area contributed by atoms with Gasteiger partial charge in [-0.2, -0.15) is 0 Å². The van der Waals surface area contributed by atoms with Gasteiger partial charge in [0.2, 0.25) is 0 Å². The summed E-state index contributed by atoms with van der Waals surface area (Å²) in [5, 5.41) is 8.75. The molecule has 0 radical (unpaired) electrons. The van der Waals surface area contributed by atoms with Crippen molar-refractivity contribution in [2.75, 3.05) is 7.11 Å². The molecule has 0 saturated carbocycles. The van der Waals surface area contributed by atoms with Gasteiger partial charge in [-0.15, -0.1) is 10.2 Å². The summed E-state index contributed by atoms with van der Waals surface area (Å²) < 4.78 is 7.23. The summed E-state index contributed by atoms with van der Waals surface area (Å²) in [6, 6.07) is 5.78. The highest BCUT2D eigenvalue weighted by Crippen LogP contribution is 2.36. The van der Waals surface area contributed by atoms with Crippen LogP contribution in [0.4, 0.5) is 0 Å². The molecule has 96 valence electrons. The lowest BCUT2D eigenvalue weighted by molar-refractivity contribution is 0.405. The topological polar surface area (TPSA) is 66.0 Å². The van der Waals surface area contributed by atoms with E-state index in [-0.39, 0.29) is 6.04 Å². The standard InChI is InChI=1S/C12H16N4OS/c1-8(13)11-9(17-3)5-4-6-10(11)18-12-15-14-7-16(12)2/h4-8H,13H2,1-3H3/t8-/m0/s1. The second kappa shape index (κ2) is 5.41. The maximum absolute atomic E-state index is 6.02. The molecule has 0 aliphatic carbocycles. The van der Waals surface area contributed by atoms with Crippen LogP contribution in [0.25, 0.3) is 0 Å². The Balaban J connectivity index is 2.41. The fourth-order valence-corrected chi connectivity index (χ4v) is 2.72.